The Morgan fingerprint density at radius 1 is 1.17 bits per heavy atom. The van der Waals surface area contributed by atoms with Gasteiger partial charge < -0.3 is 10.3 Å². The maximum absolute atomic E-state index is 12.2. The zero-order chi connectivity index (χ0) is 16.7. The van der Waals surface area contributed by atoms with Crippen LogP contribution in [0, 0.1) is 6.92 Å². The molecule has 0 aliphatic rings. The first-order valence-corrected chi connectivity index (χ1v) is 8.16. The summed E-state index contributed by atoms with van der Waals surface area (Å²) in [6, 6.07) is 11.8. The van der Waals surface area contributed by atoms with E-state index in [0.717, 1.165) is 36.1 Å². The fourth-order valence-electron chi connectivity index (χ4n) is 2.52. The van der Waals surface area contributed by atoms with E-state index < -0.39 is 0 Å². The lowest BCUT2D eigenvalue weighted by atomic mass is 10.1. The SMILES string of the molecule is CCCCc1cc(C)c(NC(=O)CCc2ccccc2)c(=O)[nH]1. The molecule has 0 saturated heterocycles. The second-order valence-corrected chi connectivity index (χ2v) is 5.82. The second kappa shape index (κ2) is 8.32. The van der Waals surface area contributed by atoms with Crippen LogP contribution in [0.5, 0.6) is 0 Å². The Hall–Kier alpha value is -2.36. The molecule has 1 aromatic carbocycles. The van der Waals surface area contributed by atoms with Gasteiger partial charge in [0.25, 0.3) is 5.56 Å². The van der Waals surface area contributed by atoms with Crippen molar-refractivity contribution < 1.29 is 4.79 Å². The highest BCUT2D eigenvalue weighted by Crippen LogP contribution is 2.12. The summed E-state index contributed by atoms with van der Waals surface area (Å²) in [6.45, 7) is 3.98. The Bertz CT molecular complexity index is 705. The molecular weight excluding hydrogens is 288 g/mol. The lowest BCUT2D eigenvalue weighted by molar-refractivity contribution is -0.116. The summed E-state index contributed by atoms with van der Waals surface area (Å²) >= 11 is 0. The molecule has 0 radical (unpaired) electrons. The third-order valence-corrected chi connectivity index (χ3v) is 3.83. The average Bonchev–Trinajstić information content (AvgIpc) is 2.55. The molecule has 122 valence electrons. The summed E-state index contributed by atoms with van der Waals surface area (Å²) in [6.07, 6.45) is 4.00. The number of hydrogen-bond donors (Lipinski definition) is 2. The molecule has 2 rings (SSSR count). The molecular formula is C19H24N2O2. The first-order valence-electron chi connectivity index (χ1n) is 8.16. The summed E-state index contributed by atoms with van der Waals surface area (Å²) in [5, 5.41) is 2.75. The molecule has 1 aromatic heterocycles. The highest BCUT2D eigenvalue weighted by molar-refractivity contribution is 5.91. The molecule has 4 nitrogen and oxygen atoms in total. The van der Waals surface area contributed by atoms with Gasteiger partial charge in [-0.1, -0.05) is 43.7 Å². The minimum Gasteiger partial charge on any atom is -0.324 e. The molecule has 1 heterocycles. The van der Waals surface area contributed by atoms with Crippen LogP contribution >= 0.6 is 0 Å². The van der Waals surface area contributed by atoms with Crippen LogP contribution in [0.15, 0.2) is 41.2 Å². The van der Waals surface area contributed by atoms with Gasteiger partial charge in [-0.15, -0.1) is 0 Å². The van der Waals surface area contributed by atoms with E-state index in [9.17, 15) is 9.59 Å². The number of nitrogens with one attached hydrogen (secondary N) is 2. The number of aryl methyl sites for hydroxylation is 3. The molecule has 4 heteroatoms. The molecule has 0 spiro atoms. The van der Waals surface area contributed by atoms with E-state index in [0.29, 0.717) is 18.5 Å². The Kier molecular flexibility index (Phi) is 6.15. The quantitative estimate of drug-likeness (QED) is 0.820. The summed E-state index contributed by atoms with van der Waals surface area (Å²) in [5.74, 6) is -0.135. The van der Waals surface area contributed by atoms with Crippen LogP contribution in [0.25, 0.3) is 0 Å². The van der Waals surface area contributed by atoms with Crippen molar-refractivity contribution in [2.24, 2.45) is 0 Å². The van der Waals surface area contributed by atoms with Crippen LogP contribution in [0.3, 0.4) is 0 Å². The van der Waals surface area contributed by atoms with Gasteiger partial charge in [-0.25, -0.2) is 0 Å². The average molecular weight is 312 g/mol. The van der Waals surface area contributed by atoms with Gasteiger partial charge in [-0.05, 0) is 43.4 Å². The van der Waals surface area contributed by atoms with Crippen LogP contribution in [0.1, 0.15) is 43.0 Å². The van der Waals surface area contributed by atoms with Crippen molar-refractivity contribution in [1.82, 2.24) is 4.98 Å². The number of anilines is 1. The van der Waals surface area contributed by atoms with Crippen molar-refractivity contribution in [2.45, 2.75) is 46.0 Å². The van der Waals surface area contributed by atoms with E-state index >= 15 is 0 Å². The molecule has 0 atom stereocenters. The molecule has 2 N–H and O–H groups in total. The van der Waals surface area contributed by atoms with E-state index in [1.807, 2.05) is 43.3 Å². The monoisotopic (exact) mass is 312 g/mol. The predicted octanol–water partition coefficient (Wildman–Crippen LogP) is 3.60. The number of rotatable bonds is 7. The number of hydrogen-bond acceptors (Lipinski definition) is 2. The molecule has 23 heavy (non-hydrogen) atoms. The van der Waals surface area contributed by atoms with Gasteiger partial charge in [-0.2, -0.15) is 0 Å². The van der Waals surface area contributed by atoms with Crippen molar-refractivity contribution in [3.8, 4) is 0 Å². The molecule has 2 aromatic rings. The molecule has 0 aliphatic carbocycles. The number of aromatic amines is 1. The molecule has 0 saturated carbocycles. The molecule has 0 fully saturated rings. The Balaban J connectivity index is 1.99. The summed E-state index contributed by atoms with van der Waals surface area (Å²) in [4.78, 5) is 27.1. The molecule has 0 bridgehead atoms. The summed E-state index contributed by atoms with van der Waals surface area (Å²) < 4.78 is 0. The smallest absolute Gasteiger partial charge is 0.272 e. The molecule has 0 unspecified atom stereocenters. The lowest BCUT2D eigenvalue weighted by Crippen LogP contribution is -2.22. The number of carbonyl (C=O) groups is 1. The van der Waals surface area contributed by atoms with E-state index in [1.54, 1.807) is 0 Å². The number of pyridine rings is 1. The highest BCUT2D eigenvalue weighted by Gasteiger charge is 2.10. The maximum Gasteiger partial charge on any atom is 0.272 e. The maximum atomic E-state index is 12.2. The number of benzene rings is 1. The van der Waals surface area contributed by atoms with Gasteiger partial charge >= 0.3 is 0 Å². The van der Waals surface area contributed by atoms with Gasteiger partial charge in [-0.3, -0.25) is 9.59 Å². The number of unbranched alkanes of at least 4 members (excludes halogenated alkanes) is 1. The van der Waals surface area contributed by atoms with Gasteiger partial charge in [0.2, 0.25) is 5.91 Å². The highest BCUT2D eigenvalue weighted by atomic mass is 16.2. The van der Waals surface area contributed by atoms with E-state index in [4.69, 9.17) is 0 Å². The van der Waals surface area contributed by atoms with Crippen LogP contribution in [0.2, 0.25) is 0 Å². The fourth-order valence-corrected chi connectivity index (χ4v) is 2.52. The van der Waals surface area contributed by atoms with E-state index in [1.165, 1.54) is 0 Å². The largest absolute Gasteiger partial charge is 0.324 e. The van der Waals surface area contributed by atoms with E-state index in [2.05, 4.69) is 17.2 Å². The van der Waals surface area contributed by atoms with Crippen LogP contribution in [-0.4, -0.2) is 10.9 Å². The third-order valence-electron chi connectivity index (χ3n) is 3.83. The van der Waals surface area contributed by atoms with Crippen LogP contribution < -0.4 is 10.9 Å². The van der Waals surface area contributed by atoms with Gasteiger partial charge in [0.1, 0.15) is 5.69 Å². The van der Waals surface area contributed by atoms with Crippen LogP contribution in [-0.2, 0) is 17.6 Å². The molecule has 0 aliphatic heterocycles. The first-order chi connectivity index (χ1) is 11.1. The van der Waals surface area contributed by atoms with Gasteiger partial charge in [0.15, 0.2) is 0 Å². The summed E-state index contributed by atoms with van der Waals surface area (Å²) in [7, 11) is 0. The predicted molar refractivity (Wildman–Crippen MR) is 93.8 cm³/mol. The van der Waals surface area contributed by atoms with Crippen LogP contribution in [0.4, 0.5) is 5.69 Å². The Morgan fingerprint density at radius 3 is 2.57 bits per heavy atom. The normalized spacial score (nSPS) is 10.5. The first kappa shape index (κ1) is 17.0. The second-order valence-electron chi connectivity index (χ2n) is 5.82. The summed E-state index contributed by atoms with van der Waals surface area (Å²) in [5.41, 5.74) is 3.00. The lowest BCUT2D eigenvalue weighted by Gasteiger charge is -2.09. The minimum atomic E-state index is -0.218. The zero-order valence-electron chi connectivity index (χ0n) is 13.8. The van der Waals surface area contributed by atoms with Crippen molar-refractivity contribution in [3.05, 3.63) is 63.6 Å². The Labute approximate surface area is 137 Å². The fraction of sp³-hybridized carbons (Fsp3) is 0.368. The van der Waals surface area contributed by atoms with E-state index in [-0.39, 0.29) is 11.5 Å². The van der Waals surface area contributed by atoms with Crippen molar-refractivity contribution in [3.63, 3.8) is 0 Å². The topological polar surface area (TPSA) is 62.0 Å². The van der Waals surface area contributed by atoms with Gasteiger partial charge in [0, 0.05) is 12.1 Å². The number of aromatic nitrogens is 1. The van der Waals surface area contributed by atoms with Crippen molar-refractivity contribution >= 4 is 11.6 Å². The van der Waals surface area contributed by atoms with Crippen molar-refractivity contribution in [2.75, 3.05) is 5.32 Å². The standard InChI is InChI=1S/C19H24N2O2/c1-3-4-10-16-13-14(2)18(19(23)20-16)21-17(22)12-11-15-8-6-5-7-9-15/h5-9,13H,3-4,10-12H2,1-2H3,(H,20,23)(H,21,22). The Morgan fingerprint density at radius 2 is 1.91 bits per heavy atom. The third kappa shape index (κ3) is 5.09. The number of H-pyrrole nitrogens is 1. The minimum absolute atomic E-state index is 0.135. The number of amides is 1. The van der Waals surface area contributed by atoms with Gasteiger partial charge in [0.05, 0.1) is 0 Å². The number of carbonyl (C=O) groups excluding carboxylic acids is 1. The zero-order valence-corrected chi connectivity index (χ0v) is 13.8. The van der Waals surface area contributed by atoms with Crippen molar-refractivity contribution in [1.29, 1.82) is 0 Å². The molecule has 1 amide bonds.